The molecule has 0 bridgehead atoms. The fourth-order valence-corrected chi connectivity index (χ4v) is 3.66. The Labute approximate surface area is 156 Å². The lowest BCUT2D eigenvalue weighted by Gasteiger charge is -2.18. The van der Waals surface area contributed by atoms with Crippen LogP contribution in [0.3, 0.4) is 0 Å². The molecule has 5 nitrogen and oxygen atoms in total. The van der Waals surface area contributed by atoms with Crippen molar-refractivity contribution in [2.45, 2.75) is 26.8 Å². The number of rotatable bonds is 5. The molecule has 2 aromatic rings. The van der Waals surface area contributed by atoms with Gasteiger partial charge in [0.2, 0.25) is 0 Å². The predicted octanol–water partition coefficient (Wildman–Crippen LogP) is 2.79. The van der Waals surface area contributed by atoms with Crippen molar-refractivity contribution in [3.63, 3.8) is 0 Å². The molecule has 2 aromatic carbocycles. The van der Waals surface area contributed by atoms with Gasteiger partial charge < -0.3 is 10.6 Å². The SMILES string of the molecule is Cc1cc(C)c(NC(=O)C(=O)N[C@@H](C[S@@](C)=O)c2ccccc2)c(C)c1. The molecule has 2 atom stereocenters. The van der Waals surface area contributed by atoms with E-state index in [9.17, 15) is 13.8 Å². The third-order valence-electron chi connectivity index (χ3n) is 4.03. The number of carbonyl (C=O) groups is 2. The maximum atomic E-state index is 12.4. The van der Waals surface area contributed by atoms with Gasteiger partial charge in [0.1, 0.15) is 0 Å². The summed E-state index contributed by atoms with van der Waals surface area (Å²) in [5.74, 6) is -1.24. The summed E-state index contributed by atoms with van der Waals surface area (Å²) in [6.07, 6.45) is 1.57. The first-order valence-corrected chi connectivity index (χ1v) is 10.1. The standard InChI is InChI=1S/C20H24N2O3S/c1-13-10-14(2)18(15(3)11-13)22-20(24)19(23)21-17(12-26(4)25)16-8-6-5-7-9-16/h5-11,17H,12H2,1-4H3,(H,21,23)(H,22,24)/t17-,26+/m0/s1. The van der Waals surface area contributed by atoms with Gasteiger partial charge in [0.05, 0.1) is 6.04 Å². The van der Waals surface area contributed by atoms with Gasteiger partial charge in [0, 0.05) is 28.5 Å². The van der Waals surface area contributed by atoms with Crippen molar-refractivity contribution >= 4 is 28.3 Å². The van der Waals surface area contributed by atoms with Crippen LogP contribution in [-0.4, -0.2) is 28.0 Å². The van der Waals surface area contributed by atoms with E-state index in [1.807, 2.05) is 63.2 Å². The van der Waals surface area contributed by atoms with Crippen molar-refractivity contribution in [1.82, 2.24) is 5.32 Å². The molecule has 0 aromatic heterocycles. The summed E-state index contributed by atoms with van der Waals surface area (Å²) in [6, 6.07) is 12.6. The van der Waals surface area contributed by atoms with Crippen molar-refractivity contribution in [2.75, 3.05) is 17.3 Å². The van der Waals surface area contributed by atoms with E-state index in [1.165, 1.54) is 0 Å². The molecule has 0 aliphatic rings. The summed E-state index contributed by atoms with van der Waals surface area (Å²) in [7, 11) is -1.12. The number of hydrogen-bond acceptors (Lipinski definition) is 3. The van der Waals surface area contributed by atoms with Crippen LogP contribution in [-0.2, 0) is 20.4 Å². The van der Waals surface area contributed by atoms with Crippen LogP contribution in [0.15, 0.2) is 42.5 Å². The number of anilines is 1. The van der Waals surface area contributed by atoms with Crippen LogP contribution < -0.4 is 10.6 Å². The fraction of sp³-hybridized carbons (Fsp3) is 0.300. The quantitative estimate of drug-likeness (QED) is 0.793. The van der Waals surface area contributed by atoms with Gasteiger partial charge in [-0.05, 0) is 37.5 Å². The molecule has 26 heavy (non-hydrogen) atoms. The van der Waals surface area contributed by atoms with E-state index in [0.717, 1.165) is 22.3 Å². The van der Waals surface area contributed by atoms with Gasteiger partial charge in [-0.25, -0.2) is 0 Å². The Balaban J connectivity index is 2.14. The molecule has 0 saturated carbocycles. The highest BCUT2D eigenvalue weighted by molar-refractivity contribution is 7.84. The van der Waals surface area contributed by atoms with Crippen LogP contribution in [0.2, 0.25) is 0 Å². The van der Waals surface area contributed by atoms with Crippen LogP contribution >= 0.6 is 0 Å². The van der Waals surface area contributed by atoms with Crippen molar-refractivity contribution in [3.8, 4) is 0 Å². The number of hydrogen-bond donors (Lipinski definition) is 2. The summed E-state index contributed by atoms with van der Waals surface area (Å²) in [4.78, 5) is 24.7. The zero-order chi connectivity index (χ0) is 19.3. The molecule has 0 spiro atoms. The number of carbonyl (C=O) groups excluding carboxylic acids is 2. The molecule has 0 heterocycles. The second-order valence-electron chi connectivity index (χ2n) is 6.40. The molecule has 0 saturated heterocycles. The van der Waals surface area contributed by atoms with E-state index in [0.29, 0.717) is 5.69 Å². The second kappa shape index (κ2) is 8.76. The van der Waals surface area contributed by atoms with Gasteiger partial charge in [0.15, 0.2) is 0 Å². The van der Waals surface area contributed by atoms with Gasteiger partial charge in [-0.15, -0.1) is 0 Å². The summed E-state index contributed by atoms with van der Waals surface area (Å²) >= 11 is 0. The van der Waals surface area contributed by atoms with E-state index in [-0.39, 0.29) is 5.75 Å². The molecule has 138 valence electrons. The second-order valence-corrected chi connectivity index (χ2v) is 7.88. The summed E-state index contributed by atoms with van der Waals surface area (Å²) < 4.78 is 11.7. The zero-order valence-electron chi connectivity index (χ0n) is 15.5. The van der Waals surface area contributed by atoms with Gasteiger partial charge in [-0.1, -0.05) is 48.0 Å². The molecule has 0 fully saturated rings. The Morgan fingerprint density at radius 3 is 2.12 bits per heavy atom. The van der Waals surface area contributed by atoms with Crippen LogP contribution in [0.4, 0.5) is 5.69 Å². The molecule has 0 aliphatic heterocycles. The van der Waals surface area contributed by atoms with Gasteiger partial charge in [-0.3, -0.25) is 13.8 Å². The van der Waals surface area contributed by atoms with E-state index in [1.54, 1.807) is 6.26 Å². The molecule has 2 amide bonds. The Morgan fingerprint density at radius 2 is 1.58 bits per heavy atom. The minimum atomic E-state index is -1.12. The average molecular weight is 372 g/mol. The maximum absolute atomic E-state index is 12.4. The monoisotopic (exact) mass is 372 g/mol. The van der Waals surface area contributed by atoms with Crippen LogP contribution in [0.1, 0.15) is 28.3 Å². The Hall–Kier alpha value is -2.47. The highest BCUT2D eigenvalue weighted by atomic mass is 32.2. The van der Waals surface area contributed by atoms with E-state index >= 15 is 0 Å². The lowest BCUT2D eigenvalue weighted by molar-refractivity contribution is -0.136. The maximum Gasteiger partial charge on any atom is 0.313 e. The third kappa shape index (κ3) is 5.26. The van der Waals surface area contributed by atoms with Crippen molar-refractivity contribution in [3.05, 3.63) is 64.7 Å². The topological polar surface area (TPSA) is 75.3 Å². The summed E-state index contributed by atoms with van der Waals surface area (Å²) in [5.41, 5.74) is 4.35. The minimum absolute atomic E-state index is 0.242. The lowest BCUT2D eigenvalue weighted by atomic mass is 10.1. The number of nitrogens with one attached hydrogen (secondary N) is 2. The first-order chi connectivity index (χ1) is 12.3. The molecule has 6 heteroatoms. The van der Waals surface area contributed by atoms with Crippen molar-refractivity contribution in [2.24, 2.45) is 0 Å². The van der Waals surface area contributed by atoms with Crippen LogP contribution in [0.5, 0.6) is 0 Å². The molecular formula is C20H24N2O3S. The minimum Gasteiger partial charge on any atom is -0.340 e. The van der Waals surface area contributed by atoms with Crippen molar-refractivity contribution in [1.29, 1.82) is 0 Å². The Kier molecular flexibility index (Phi) is 6.69. The molecule has 0 aliphatic carbocycles. The highest BCUT2D eigenvalue weighted by Gasteiger charge is 2.22. The lowest BCUT2D eigenvalue weighted by Crippen LogP contribution is -2.39. The number of aryl methyl sites for hydroxylation is 3. The van der Waals surface area contributed by atoms with E-state index < -0.39 is 28.7 Å². The normalized spacial score (nSPS) is 12.9. The largest absolute Gasteiger partial charge is 0.340 e. The average Bonchev–Trinajstić information content (AvgIpc) is 2.57. The first kappa shape index (κ1) is 19.8. The highest BCUT2D eigenvalue weighted by Crippen LogP contribution is 2.22. The fourth-order valence-electron chi connectivity index (χ4n) is 2.91. The summed E-state index contributed by atoms with van der Waals surface area (Å²) in [6.45, 7) is 5.76. The smallest absolute Gasteiger partial charge is 0.313 e. The number of amides is 2. The predicted molar refractivity (Wildman–Crippen MR) is 106 cm³/mol. The molecule has 2 rings (SSSR count). The molecule has 0 radical (unpaired) electrons. The zero-order valence-corrected chi connectivity index (χ0v) is 16.3. The van der Waals surface area contributed by atoms with Crippen LogP contribution in [0, 0.1) is 20.8 Å². The number of benzene rings is 2. The van der Waals surface area contributed by atoms with E-state index in [2.05, 4.69) is 10.6 Å². The van der Waals surface area contributed by atoms with Gasteiger partial charge in [0.25, 0.3) is 0 Å². The molecule has 0 unspecified atom stereocenters. The first-order valence-electron chi connectivity index (χ1n) is 8.32. The Morgan fingerprint density at radius 1 is 1.00 bits per heavy atom. The van der Waals surface area contributed by atoms with E-state index in [4.69, 9.17) is 0 Å². The Bertz CT molecular complexity index is 811. The van der Waals surface area contributed by atoms with Crippen molar-refractivity contribution < 1.29 is 13.8 Å². The molecule has 2 N–H and O–H groups in total. The van der Waals surface area contributed by atoms with Gasteiger partial charge in [-0.2, -0.15) is 0 Å². The molecular weight excluding hydrogens is 348 g/mol. The van der Waals surface area contributed by atoms with Crippen LogP contribution in [0.25, 0.3) is 0 Å². The third-order valence-corrected chi connectivity index (χ3v) is 4.83. The summed E-state index contributed by atoms with van der Waals surface area (Å²) in [5, 5.41) is 5.38. The van der Waals surface area contributed by atoms with Gasteiger partial charge >= 0.3 is 11.8 Å².